The molecule has 0 spiro atoms. The summed E-state index contributed by atoms with van der Waals surface area (Å²) in [6, 6.07) is 8.05. The summed E-state index contributed by atoms with van der Waals surface area (Å²) in [7, 11) is -2.50. The molecule has 0 aliphatic carbocycles. The van der Waals surface area contributed by atoms with Crippen LogP contribution in [0.15, 0.2) is 36.4 Å². The average molecular weight is 295 g/mol. The van der Waals surface area contributed by atoms with E-state index in [0.29, 0.717) is 0 Å². The second-order valence-corrected chi connectivity index (χ2v) is 4.66. The molecule has 0 aliphatic rings. The van der Waals surface area contributed by atoms with Gasteiger partial charge in [0.2, 0.25) is 0 Å². The molecule has 6 N–H and O–H groups in total. The average Bonchev–Trinajstić information content (AvgIpc) is 2.38. The lowest BCUT2D eigenvalue weighted by atomic mass is 10.3. The van der Waals surface area contributed by atoms with Crippen LogP contribution < -0.4 is 20.5 Å². The van der Waals surface area contributed by atoms with Crippen molar-refractivity contribution in [3.05, 3.63) is 36.4 Å². The van der Waals surface area contributed by atoms with E-state index in [1.54, 1.807) is 0 Å². The number of phenols is 2. The summed E-state index contributed by atoms with van der Waals surface area (Å²) in [6.45, 7) is 0. The van der Waals surface area contributed by atoms with Crippen LogP contribution >= 0.6 is 8.25 Å². The Balaban J connectivity index is 2.04. The maximum atomic E-state index is 11.7. The summed E-state index contributed by atoms with van der Waals surface area (Å²) < 4.78 is 21.7. The van der Waals surface area contributed by atoms with Crippen molar-refractivity contribution in [3.8, 4) is 23.0 Å². The number of nitrogen functional groups attached to an aromatic ring is 2. The first kappa shape index (κ1) is 13.8. The third-order valence-electron chi connectivity index (χ3n) is 2.36. The number of anilines is 2. The Morgan fingerprint density at radius 2 is 1.25 bits per heavy atom. The Hall–Kier alpha value is -2.66. The second kappa shape index (κ2) is 5.54. The van der Waals surface area contributed by atoms with Gasteiger partial charge in [-0.1, -0.05) is 0 Å². The molecule has 0 aromatic heterocycles. The van der Waals surface area contributed by atoms with Crippen LogP contribution in [0, 0.1) is 0 Å². The van der Waals surface area contributed by atoms with E-state index in [4.69, 9.17) is 20.5 Å². The van der Waals surface area contributed by atoms with Crippen LogP contribution in [-0.2, 0) is 4.57 Å². The van der Waals surface area contributed by atoms with Crippen molar-refractivity contribution < 1.29 is 23.8 Å². The quantitative estimate of drug-likeness (QED) is 0.387. The van der Waals surface area contributed by atoms with Crippen LogP contribution in [0.2, 0.25) is 0 Å². The second-order valence-electron chi connectivity index (χ2n) is 3.85. The van der Waals surface area contributed by atoms with Crippen molar-refractivity contribution >= 4 is 19.6 Å². The Morgan fingerprint density at radius 3 is 1.60 bits per heavy atom. The SMILES string of the molecule is Nc1cc(O[P+](=O)Oc2ccc(O)c(N)c2)ccc1O. The van der Waals surface area contributed by atoms with Crippen LogP contribution in [-0.4, -0.2) is 10.2 Å². The van der Waals surface area contributed by atoms with Crippen molar-refractivity contribution in [2.45, 2.75) is 0 Å². The molecule has 0 amide bonds. The first-order valence-corrected chi connectivity index (χ1v) is 6.55. The number of nitrogens with two attached hydrogens (primary N) is 2. The summed E-state index contributed by atoms with van der Waals surface area (Å²) >= 11 is 0. The molecular weight excluding hydrogens is 283 g/mol. The Labute approximate surface area is 115 Å². The highest BCUT2D eigenvalue weighted by Crippen LogP contribution is 2.35. The molecule has 2 rings (SSSR count). The topological polar surface area (TPSA) is 128 Å². The zero-order valence-electron chi connectivity index (χ0n) is 10.2. The van der Waals surface area contributed by atoms with Crippen molar-refractivity contribution in [2.75, 3.05) is 11.5 Å². The highest BCUT2D eigenvalue weighted by atomic mass is 31.1. The molecule has 0 radical (unpaired) electrons. The number of hydrogen-bond donors (Lipinski definition) is 4. The molecule has 0 saturated carbocycles. The highest BCUT2D eigenvalue weighted by molar-refractivity contribution is 7.34. The highest BCUT2D eigenvalue weighted by Gasteiger charge is 2.25. The lowest BCUT2D eigenvalue weighted by Crippen LogP contribution is -1.92. The van der Waals surface area contributed by atoms with Crippen LogP contribution in [0.1, 0.15) is 0 Å². The molecule has 20 heavy (non-hydrogen) atoms. The summed E-state index contributed by atoms with van der Waals surface area (Å²) in [4.78, 5) is 0. The van der Waals surface area contributed by atoms with E-state index in [-0.39, 0.29) is 34.4 Å². The monoisotopic (exact) mass is 295 g/mol. The molecule has 7 nitrogen and oxygen atoms in total. The van der Waals surface area contributed by atoms with E-state index in [2.05, 4.69) is 0 Å². The standard InChI is InChI=1S/C12H11N2O5P/c13-9-5-7(1-3-11(9)15)18-20(17)19-8-2-4-12(16)10(14)6-8/h1-6H,13-14H2,(H-,15,16)/p+1. The Kier molecular flexibility index (Phi) is 3.81. The van der Waals surface area contributed by atoms with E-state index < -0.39 is 8.25 Å². The molecule has 2 aromatic carbocycles. The largest absolute Gasteiger partial charge is 0.805 e. The predicted octanol–water partition coefficient (Wildman–Crippen LogP) is 2.38. The molecule has 104 valence electrons. The maximum absolute atomic E-state index is 11.7. The lowest BCUT2D eigenvalue weighted by Gasteiger charge is -2.00. The van der Waals surface area contributed by atoms with Gasteiger partial charge < -0.3 is 21.7 Å². The summed E-state index contributed by atoms with van der Waals surface area (Å²) in [5, 5.41) is 18.5. The fraction of sp³-hybridized carbons (Fsp3) is 0. The van der Waals surface area contributed by atoms with Gasteiger partial charge in [-0.25, -0.2) is 9.05 Å². The number of aromatic hydroxyl groups is 2. The molecule has 2 aromatic rings. The third kappa shape index (κ3) is 3.21. The predicted molar refractivity (Wildman–Crippen MR) is 73.9 cm³/mol. The van der Waals surface area contributed by atoms with Crippen molar-refractivity contribution in [2.24, 2.45) is 0 Å². The number of hydrogen-bond acceptors (Lipinski definition) is 7. The van der Waals surface area contributed by atoms with Crippen molar-refractivity contribution in [1.82, 2.24) is 0 Å². The molecule has 0 bridgehead atoms. The van der Waals surface area contributed by atoms with Crippen LogP contribution in [0.3, 0.4) is 0 Å². The lowest BCUT2D eigenvalue weighted by molar-refractivity contribution is 0.414. The van der Waals surface area contributed by atoms with Gasteiger partial charge in [0.25, 0.3) is 0 Å². The zero-order valence-corrected chi connectivity index (χ0v) is 11.1. The fourth-order valence-corrected chi connectivity index (χ4v) is 1.98. The van der Waals surface area contributed by atoms with Gasteiger partial charge in [-0.2, -0.15) is 0 Å². The molecule has 0 saturated heterocycles. The van der Waals surface area contributed by atoms with Crippen LogP contribution in [0.25, 0.3) is 0 Å². The molecule has 0 heterocycles. The van der Waals surface area contributed by atoms with Gasteiger partial charge in [-0.05, 0) is 24.3 Å². The van der Waals surface area contributed by atoms with E-state index >= 15 is 0 Å². The third-order valence-corrected chi connectivity index (χ3v) is 3.08. The number of benzene rings is 2. The first-order valence-electron chi connectivity index (χ1n) is 5.46. The van der Waals surface area contributed by atoms with Crippen molar-refractivity contribution in [1.29, 1.82) is 0 Å². The normalized spacial score (nSPS) is 10.0. The minimum atomic E-state index is -2.50. The number of phenolic OH excluding ortho intramolecular Hbond substituents is 2. The summed E-state index contributed by atoms with van der Waals surface area (Å²) in [5.41, 5.74) is 11.1. The van der Waals surface area contributed by atoms with E-state index in [1.165, 1.54) is 36.4 Å². The molecule has 8 heteroatoms. The molecular formula is C12H12N2O5P+. The van der Waals surface area contributed by atoms with Gasteiger partial charge in [0, 0.05) is 16.7 Å². The molecule has 0 aliphatic heterocycles. The molecule has 0 fully saturated rings. The van der Waals surface area contributed by atoms with Crippen LogP contribution in [0.4, 0.5) is 11.4 Å². The zero-order chi connectivity index (χ0) is 14.7. The maximum Gasteiger partial charge on any atom is 0.805 e. The Bertz CT molecular complexity index is 607. The smallest absolute Gasteiger partial charge is 0.506 e. The fourth-order valence-electron chi connectivity index (χ4n) is 1.37. The van der Waals surface area contributed by atoms with Crippen LogP contribution in [0.5, 0.6) is 23.0 Å². The van der Waals surface area contributed by atoms with Crippen molar-refractivity contribution in [3.63, 3.8) is 0 Å². The summed E-state index contributed by atoms with van der Waals surface area (Å²) in [5.74, 6) is 0.181. The Morgan fingerprint density at radius 1 is 0.850 bits per heavy atom. The van der Waals surface area contributed by atoms with Gasteiger partial charge in [-0.3, -0.25) is 0 Å². The number of rotatable bonds is 4. The molecule has 0 atom stereocenters. The molecule has 0 unspecified atom stereocenters. The summed E-state index contributed by atoms with van der Waals surface area (Å²) in [6.07, 6.45) is 0. The van der Waals surface area contributed by atoms with Gasteiger partial charge in [-0.15, -0.1) is 0 Å². The van der Waals surface area contributed by atoms with E-state index in [0.717, 1.165) is 0 Å². The van der Waals surface area contributed by atoms with Gasteiger partial charge in [0.1, 0.15) is 11.5 Å². The van der Waals surface area contributed by atoms with E-state index in [1.807, 2.05) is 0 Å². The van der Waals surface area contributed by atoms with Gasteiger partial charge in [0.05, 0.1) is 11.4 Å². The minimum absolute atomic E-state index is 0.0970. The minimum Gasteiger partial charge on any atom is -0.506 e. The first-order chi connectivity index (χ1) is 9.45. The van der Waals surface area contributed by atoms with Gasteiger partial charge in [0.15, 0.2) is 11.5 Å². The van der Waals surface area contributed by atoms with Gasteiger partial charge >= 0.3 is 8.25 Å². The van der Waals surface area contributed by atoms with E-state index in [9.17, 15) is 14.8 Å².